The Morgan fingerprint density at radius 2 is 2.22 bits per heavy atom. The smallest absolute Gasteiger partial charge is 0.231 e. The van der Waals surface area contributed by atoms with Crippen molar-refractivity contribution in [2.24, 2.45) is 7.05 Å². The monoisotopic (exact) mass is 372 g/mol. The Morgan fingerprint density at radius 1 is 1.41 bits per heavy atom. The molecule has 0 radical (unpaired) electrons. The lowest BCUT2D eigenvalue weighted by Gasteiger charge is -2.31. The second-order valence-corrected chi connectivity index (χ2v) is 6.50. The molecule has 1 aromatic carbocycles. The van der Waals surface area contributed by atoms with Crippen LogP contribution in [-0.4, -0.2) is 53.9 Å². The van der Waals surface area contributed by atoms with E-state index in [1.807, 2.05) is 25.4 Å². The number of carbonyl (C=O) groups is 2. The number of hydrogen-bond acceptors (Lipinski definition) is 5. The molecule has 1 atom stereocenters. The first-order valence-electron chi connectivity index (χ1n) is 8.75. The molecule has 1 N–H and O–H groups in total. The van der Waals surface area contributed by atoms with Gasteiger partial charge in [0.15, 0.2) is 0 Å². The highest BCUT2D eigenvalue weighted by Gasteiger charge is 2.34. The van der Waals surface area contributed by atoms with Gasteiger partial charge in [0, 0.05) is 45.4 Å². The lowest BCUT2D eigenvalue weighted by molar-refractivity contribution is -0.136. The zero-order valence-corrected chi connectivity index (χ0v) is 15.8. The maximum Gasteiger partial charge on any atom is 0.231 e. The molecule has 1 aromatic heterocycles. The fourth-order valence-corrected chi connectivity index (χ4v) is 3.31. The Balaban J connectivity index is 1.90. The molecular formula is C19H24N4O4. The van der Waals surface area contributed by atoms with Crippen molar-refractivity contribution in [3.05, 3.63) is 41.7 Å². The average Bonchev–Trinajstić information content (AvgIpc) is 3.08. The number of nitrogens with one attached hydrogen (secondary N) is 1. The van der Waals surface area contributed by atoms with Crippen molar-refractivity contribution in [3.8, 4) is 5.75 Å². The van der Waals surface area contributed by atoms with Crippen molar-refractivity contribution < 1.29 is 19.1 Å². The van der Waals surface area contributed by atoms with E-state index in [1.54, 1.807) is 36.1 Å². The molecule has 0 unspecified atom stereocenters. The Labute approximate surface area is 158 Å². The van der Waals surface area contributed by atoms with Gasteiger partial charge in [-0.3, -0.25) is 14.3 Å². The van der Waals surface area contributed by atoms with Crippen LogP contribution in [0.2, 0.25) is 0 Å². The molecule has 0 bridgehead atoms. The zero-order valence-electron chi connectivity index (χ0n) is 15.8. The van der Waals surface area contributed by atoms with Crippen molar-refractivity contribution >= 4 is 17.5 Å². The number of carbonyl (C=O) groups excluding carboxylic acids is 2. The fraction of sp³-hybridized carbons (Fsp3) is 0.421. The highest BCUT2D eigenvalue weighted by atomic mass is 16.5. The Morgan fingerprint density at radius 3 is 2.89 bits per heavy atom. The number of nitrogens with zero attached hydrogens (tertiary/aromatic N) is 3. The zero-order chi connectivity index (χ0) is 19.4. The van der Waals surface area contributed by atoms with E-state index < -0.39 is 5.92 Å². The van der Waals surface area contributed by atoms with Gasteiger partial charge in [0.1, 0.15) is 5.75 Å². The number of ether oxygens (including phenoxy) is 2. The number of para-hydroxylation sites is 1. The summed E-state index contributed by atoms with van der Waals surface area (Å²) >= 11 is 0. The quantitative estimate of drug-likeness (QED) is 0.797. The normalized spacial score (nSPS) is 15.8. The van der Waals surface area contributed by atoms with Gasteiger partial charge >= 0.3 is 0 Å². The standard InChI is InChI=1S/C19H24N4O4/c1-22-11-13(10-20-22)12-23(7-8-26-2)19(25)15-9-17(24)21-18-14(15)5-4-6-16(18)27-3/h4-6,10-11,15H,7-9,12H2,1-3H3,(H,21,24)/t15-/m0/s1. The number of hydrogen-bond donors (Lipinski definition) is 1. The minimum Gasteiger partial charge on any atom is -0.495 e. The molecule has 0 fully saturated rings. The molecule has 0 saturated heterocycles. The summed E-state index contributed by atoms with van der Waals surface area (Å²) in [6, 6.07) is 5.46. The number of methoxy groups -OCH3 is 2. The second-order valence-electron chi connectivity index (χ2n) is 6.50. The highest BCUT2D eigenvalue weighted by molar-refractivity contribution is 6.02. The first-order chi connectivity index (χ1) is 13.0. The van der Waals surface area contributed by atoms with Gasteiger partial charge in [0.05, 0.1) is 31.5 Å². The fourth-order valence-electron chi connectivity index (χ4n) is 3.31. The van der Waals surface area contributed by atoms with Crippen molar-refractivity contribution in [1.82, 2.24) is 14.7 Å². The first-order valence-corrected chi connectivity index (χ1v) is 8.75. The van der Waals surface area contributed by atoms with E-state index in [4.69, 9.17) is 9.47 Å². The van der Waals surface area contributed by atoms with Crippen LogP contribution in [0.4, 0.5) is 5.69 Å². The van der Waals surface area contributed by atoms with Crippen molar-refractivity contribution in [1.29, 1.82) is 0 Å². The molecule has 2 heterocycles. The summed E-state index contributed by atoms with van der Waals surface area (Å²) in [6.45, 7) is 1.25. The second kappa shape index (κ2) is 8.22. The van der Waals surface area contributed by atoms with Crippen LogP contribution < -0.4 is 10.1 Å². The summed E-state index contributed by atoms with van der Waals surface area (Å²) in [6.07, 6.45) is 3.71. The number of amides is 2. The van der Waals surface area contributed by atoms with Gasteiger partial charge in [0.2, 0.25) is 11.8 Å². The van der Waals surface area contributed by atoms with Crippen LogP contribution >= 0.6 is 0 Å². The maximum atomic E-state index is 13.3. The van der Waals surface area contributed by atoms with Crippen molar-refractivity contribution in [3.63, 3.8) is 0 Å². The largest absolute Gasteiger partial charge is 0.495 e. The minimum atomic E-state index is -0.558. The molecule has 0 aliphatic carbocycles. The summed E-state index contributed by atoms with van der Waals surface area (Å²) in [7, 11) is 4.97. The van der Waals surface area contributed by atoms with E-state index in [0.717, 1.165) is 11.1 Å². The molecule has 8 nitrogen and oxygen atoms in total. The van der Waals surface area contributed by atoms with E-state index in [0.29, 0.717) is 31.1 Å². The number of fused-ring (bicyclic) bond motifs is 1. The topological polar surface area (TPSA) is 85.7 Å². The van der Waals surface area contributed by atoms with Gasteiger partial charge in [-0.05, 0) is 11.6 Å². The summed E-state index contributed by atoms with van der Waals surface area (Å²) in [5.74, 6) is -0.315. The van der Waals surface area contributed by atoms with E-state index in [9.17, 15) is 9.59 Å². The van der Waals surface area contributed by atoms with Crippen LogP contribution in [0.1, 0.15) is 23.5 Å². The molecule has 27 heavy (non-hydrogen) atoms. The van der Waals surface area contributed by atoms with Crippen LogP contribution in [-0.2, 0) is 27.9 Å². The van der Waals surface area contributed by atoms with E-state index in [2.05, 4.69) is 10.4 Å². The van der Waals surface area contributed by atoms with Crippen LogP contribution in [0.5, 0.6) is 5.75 Å². The average molecular weight is 372 g/mol. The van der Waals surface area contributed by atoms with Gasteiger partial charge in [-0.25, -0.2) is 0 Å². The molecule has 3 rings (SSSR count). The van der Waals surface area contributed by atoms with Crippen molar-refractivity contribution in [2.45, 2.75) is 18.9 Å². The van der Waals surface area contributed by atoms with Gasteiger partial charge in [-0.2, -0.15) is 5.10 Å². The molecule has 0 saturated carbocycles. The van der Waals surface area contributed by atoms with Gasteiger partial charge in [0.25, 0.3) is 0 Å². The highest BCUT2D eigenvalue weighted by Crippen LogP contribution is 2.39. The molecule has 1 aliphatic heterocycles. The van der Waals surface area contributed by atoms with Crippen molar-refractivity contribution in [2.75, 3.05) is 32.7 Å². The summed E-state index contributed by atoms with van der Waals surface area (Å²) < 4.78 is 12.2. The van der Waals surface area contributed by atoms with Crippen LogP contribution in [0.25, 0.3) is 0 Å². The number of benzene rings is 1. The molecule has 8 heteroatoms. The molecular weight excluding hydrogens is 348 g/mol. The number of aryl methyl sites for hydroxylation is 1. The molecule has 0 spiro atoms. The predicted octanol–water partition coefficient (Wildman–Crippen LogP) is 1.53. The van der Waals surface area contributed by atoms with Gasteiger partial charge in [-0.1, -0.05) is 12.1 Å². The Kier molecular flexibility index (Phi) is 5.75. The molecule has 144 valence electrons. The molecule has 2 aromatic rings. The summed E-state index contributed by atoms with van der Waals surface area (Å²) in [5.41, 5.74) is 2.27. The number of anilines is 1. The maximum absolute atomic E-state index is 13.3. The third-order valence-electron chi connectivity index (χ3n) is 4.61. The minimum absolute atomic E-state index is 0.107. The predicted molar refractivity (Wildman–Crippen MR) is 99.5 cm³/mol. The Hall–Kier alpha value is -2.87. The van der Waals surface area contributed by atoms with E-state index in [-0.39, 0.29) is 18.2 Å². The van der Waals surface area contributed by atoms with Gasteiger partial charge < -0.3 is 19.7 Å². The third-order valence-corrected chi connectivity index (χ3v) is 4.61. The third kappa shape index (κ3) is 4.11. The molecule has 2 amide bonds. The lowest BCUT2D eigenvalue weighted by Crippen LogP contribution is -2.40. The molecule has 1 aliphatic rings. The van der Waals surface area contributed by atoms with Crippen LogP contribution in [0.15, 0.2) is 30.6 Å². The van der Waals surface area contributed by atoms with E-state index >= 15 is 0 Å². The summed E-state index contributed by atoms with van der Waals surface area (Å²) in [4.78, 5) is 27.3. The number of aromatic nitrogens is 2. The summed E-state index contributed by atoms with van der Waals surface area (Å²) in [5, 5.41) is 6.99. The van der Waals surface area contributed by atoms with Crippen LogP contribution in [0, 0.1) is 0 Å². The SMILES string of the molecule is COCCN(Cc1cnn(C)c1)C(=O)[C@H]1CC(=O)Nc2c(OC)cccc21. The van der Waals surface area contributed by atoms with E-state index in [1.165, 1.54) is 0 Å². The Bertz CT molecular complexity index is 833. The first kappa shape index (κ1) is 18.9. The number of rotatable bonds is 7. The van der Waals surface area contributed by atoms with Crippen LogP contribution in [0.3, 0.4) is 0 Å². The van der Waals surface area contributed by atoms with Gasteiger partial charge in [-0.15, -0.1) is 0 Å². The lowest BCUT2D eigenvalue weighted by atomic mass is 9.88.